The predicted molar refractivity (Wildman–Crippen MR) is 122 cm³/mol. The SMILES string of the molecule is C=CCN1C(=O)NC(c2ccc(CC)cc2)C(c2nc(-c3ccc4c(c3)OCO4)no2)=C1C. The van der Waals surface area contributed by atoms with Gasteiger partial charge in [-0.15, -0.1) is 6.58 Å². The van der Waals surface area contributed by atoms with Gasteiger partial charge in [-0.1, -0.05) is 42.4 Å². The van der Waals surface area contributed by atoms with E-state index in [1.165, 1.54) is 5.56 Å². The minimum atomic E-state index is -0.422. The van der Waals surface area contributed by atoms with Crippen LogP contribution in [-0.2, 0) is 6.42 Å². The number of hydrogen-bond acceptors (Lipinski definition) is 6. The third kappa shape index (κ3) is 3.73. The molecule has 3 heterocycles. The van der Waals surface area contributed by atoms with E-state index in [0.717, 1.165) is 28.8 Å². The number of aryl methyl sites for hydroxylation is 1. The summed E-state index contributed by atoms with van der Waals surface area (Å²) in [5.74, 6) is 2.10. The maximum atomic E-state index is 12.9. The smallest absolute Gasteiger partial charge is 0.322 e. The van der Waals surface area contributed by atoms with Crippen molar-refractivity contribution in [1.82, 2.24) is 20.4 Å². The van der Waals surface area contributed by atoms with Crippen molar-refractivity contribution in [3.8, 4) is 22.9 Å². The highest BCUT2D eigenvalue weighted by Crippen LogP contribution is 2.39. The minimum Gasteiger partial charge on any atom is -0.454 e. The number of nitrogens with one attached hydrogen (secondary N) is 1. The van der Waals surface area contributed by atoms with Gasteiger partial charge in [-0.05, 0) is 42.7 Å². The number of ether oxygens (including phenoxy) is 2. The summed E-state index contributed by atoms with van der Waals surface area (Å²) in [6, 6.07) is 13.1. The highest BCUT2D eigenvalue weighted by molar-refractivity contribution is 5.87. The van der Waals surface area contributed by atoms with Crippen molar-refractivity contribution in [2.24, 2.45) is 0 Å². The minimum absolute atomic E-state index is 0.194. The summed E-state index contributed by atoms with van der Waals surface area (Å²) in [4.78, 5) is 19.1. The van der Waals surface area contributed by atoms with Gasteiger partial charge < -0.3 is 19.3 Å². The lowest BCUT2D eigenvalue weighted by Gasteiger charge is -2.34. The molecular formula is C25H24N4O4. The number of amides is 2. The second-order valence-corrected chi connectivity index (χ2v) is 7.87. The number of urea groups is 1. The van der Waals surface area contributed by atoms with Crippen LogP contribution in [0.15, 0.2) is 65.3 Å². The van der Waals surface area contributed by atoms with Crippen molar-refractivity contribution < 1.29 is 18.8 Å². The van der Waals surface area contributed by atoms with E-state index in [1.807, 2.05) is 37.3 Å². The maximum Gasteiger partial charge on any atom is 0.322 e. The zero-order chi connectivity index (χ0) is 22.9. The van der Waals surface area contributed by atoms with Crippen LogP contribution in [0.3, 0.4) is 0 Å². The van der Waals surface area contributed by atoms with E-state index in [1.54, 1.807) is 11.0 Å². The normalized spacial score (nSPS) is 17.3. The maximum absolute atomic E-state index is 12.9. The molecule has 8 nitrogen and oxygen atoms in total. The fourth-order valence-corrected chi connectivity index (χ4v) is 4.09. The van der Waals surface area contributed by atoms with Crippen LogP contribution in [0.5, 0.6) is 11.5 Å². The molecule has 168 valence electrons. The molecule has 2 aliphatic heterocycles. The van der Waals surface area contributed by atoms with Gasteiger partial charge in [0, 0.05) is 17.8 Å². The molecule has 0 saturated heterocycles. The van der Waals surface area contributed by atoms with Crippen LogP contribution in [0.25, 0.3) is 17.0 Å². The lowest BCUT2D eigenvalue weighted by Crippen LogP contribution is -2.46. The van der Waals surface area contributed by atoms with Crippen molar-refractivity contribution in [3.63, 3.8) is 0 Å². The summed E-state index contributed by atoms with van der Waals surface area (Å²) in [5, 5.41) is 7.28. The number of nitrogens with zero attached hydrogens (tertiary/aromatic N) is 3. The van der Waals surface area contributed by atoms with E-state index >= 15 is 0 Å². The number of aromatic nitrogens is 2. The Balaban J connectivity index is 1.57. The average molecular weight is 444 g/mol. The summed E-state index contributed by atoms with van der Waals surface area (Å²) < 4.78 is 16.6. The first-order valence-corrected chi connectivity index (χ1v) is 10.8. The van der Waals surface area contributed by atoms with Crippen LogP contribution >= 0.6 is 0 Å². The van der Waals surface area contributed by atoms with E-state index < -0.39 is 6.04 Å². The van der Waals surface area contributed by atoms with Crippen molar-refractivity contribution in [2.75, 3.05) is 13.3 Å². The number of allylic oxidation sites excluding steroid dienone is 1. The summed E-state index contributed by atoms with van der Waals surface area (Å²) >= 11 is 0. The first-order valence-electron chi connectivity index (χ1n) is 10.8. The van der Waals surface area contributed by atoms with Gasteiger partial charge in [-0.25, -0.2) is 4.79 Å². The van der Waals surface area contributed by atoms with Gasteiger partial charge in [0.05, 0.1) is 11.6 Å². The van der Waals surface area contributed by atoms with Crippen LogP contribution in [0.2, 0.25) is 0 Å². The van der Waals surface area contributed by atoms with Gasteiger partial charge >= 0.3 is 6.03 Å². The van der Waals surface area contributed by atoms with E-state index in [-0.39, 0.29) is 12.8 Å². The molecule has 1 aromatic heterocycles. The monoisotopic (exact) mass is 444 g/mol. The summed E-state index contributed by atoms with van der Waals surface area (Å²) in [6.45, 7) is 8.32. The second-order valence-electron chi connectivity index (χ2n) is 7.87. The molecule has 2 aliphatic rings. The molecule has 0 radical (unpaired) electrons. The van der Waals surface area contributed by atoms with E-state index in [9.17, 15) is 4.79 Å². The standard InChI is InChI=1S/C25H24N4O4/c1-4-12-29-15(3)21(22(26-25(29)30)17-8-6-16(5-2)7-9-17)24-27-23(28-33-24)18-10-11-19-20(13-18)32-14-31-19/h4,6-11,13,22H,1,5,12,14H2,2-3H3,(H,26,30). The third-order valence-electron chi connectivity index (χ3n) is 5.92. The first kappa shape index (κ1) is 20.8. The van der Waals surface area contributed by atoms with Crippen LogP contribution in [0.1, 0.15) is 36.9 Å². The van der Waals surface area contributed by atoms with E-state index in [2.05, 4.69) is 41.1 Å². The van der Waals surface area contributed by atoms with E-state index in [4.69, 9.17) is 14.0 Å². The molecule has 0 aliphatic carbocycles. The number of fused-ring (bicyclic) bond motifs is 1. The Bertz CT molecular complexity index is 1250. The fourth-order valence-electron chi connectivity index (χ4n) is 4.09. The molecule has 0 spiro atoms. The third-order valence-corrected chi connectivity index (χ3v) is 5.92. The average Bonchev–Trinajstić information content (AvgIpc) is 3.50. The molecule has 0 fully saturated rings. The molecular weight excluding hydrogens is 420 g/mol. The summed E-state index contributed by atoms with van der Waals surface area (Å²) in [7, 11) is 0. The number of rotatable bonds is 6. The molecule has 2 amide bonds. The number of hydrogen-bond donors (Lipinski definition) is 1. The van der Waals surface area contributed by atoms with E-state index in [0.29, 0.717) is 29.8 Å². The lowest BCUT2D eigenvalue weighted by atomic mass is 9.93. The zero-order valence-corrected chi connectivity index (χ0v) is 18.5. The number of carbonyl (C=O) groups is 1. The van der Waals surface area contributed by atoms with Crippen molar-refractivity contribution in [3.05, 3.63) is 77.8 Å². The van der Waals surface area contributed by atoms with Crippen molar-refractivity contribution in [1.29, 1.82) is 0 Å². The van der Waals surface area contributed by atoms with Crippen LogP contribution in [0.4, 0.5) is 4.79 Å². The Morgan fingerprint density at radius 1 is 1.18 bits per heavy atom. The number of carbonyl (C=O) groups excluding carboxylic acids is 1. The molecule has 0 saturated carbocycles. The number of benzene rings is 2. The Morgan fingerprint density at radius 3 is 2.73 bits per heavy atom. The van der Waals surface area contributed by atoms with Crippen molar-refractivity contribution in [2.45, 2.75) is 26.3 Å². The van der Waals surface area contributed by atoms with Crippen LogP contribution in [0, 0.1) is 0 Å². The molecule has 1 atom stereocenters. The molecule has 1 N–H and O–H groups in total. The fraction of sp³-hybridized carbons (Fsp3) is 0.240. The molecule has 8 heteroatoms. The largest absolute Gasteiger partial charge is 0.454 e. The summed E-state index contributed by atoms with van der Waals surface area (Å²) in [5.41, 5.74) is 4.40. The molecule has 5 rings (SSSR count). The zero-order valence-electron chi connectivity index (χ0n) is 18.5. The van der Waals surface area contributed by atoms with Crippen LogP contribution < -0.4 is 14.8 Å². The summed E-state index contributed by atoms with van der Waals surface area (Å²) in [6.07, 6.45) is 2.62. The highest BCUT2D eigenvalue weighted by Gasteiger charge is 2.35. The van der Waals surface area contributed by atoms with Gasteiger partial charge in [0.25, 0.3) is 5.89 Å². The van der Waals surface area contributed by atoms with Gasteiger partial charge in [-0.3, -0.25) is 4.90 Å². The lowest BCUT2D eigenvalue weighted by molar-refractivity contribution is 0.174. The van der Waals surface area contributed by atoms with Crippen LogP contribution in [-0.4, -0.2) is 34.4 Å². The topological polar surface area (TPSA) is 89.7 Å². The van der Waals surface area contributed by atoms with Crippen molar-refractivity contribution >= 4 is 11.6 Å². The highest BCUT2D eigenvalue weighted by atomic mass is 16.7. The first-order chi connectivity index (χ1) is 16.1. The van der Waals surface area contributed by atoms with Gasteiger partial charge in [-0.2, -0.15) is 4.98 Å². The molecule has 3 aromatic rings. The van der Waals surface area contributed by atoms with Gasteiger partial charge in [0.15, 0.2) is 11.5 Å². The molecule has 33 heavy (non-hydrogen) atoms. The second kappa shape index (κ2) is 8.46. The Kier molecular flexibility index (Phi) is 5.34. The molecule has 1 unspecified atom stereocenters. The Hall–Kier alpha value is -4.07. The quantitative estimate of drug-likeness (QED) is 0.554. The molecule has 0 bridgehead atoms. The van der Waals surface area contributed by atoms with Gasteiger partial charge in [0.1, 0.15) is 0 Å². The Morgan fingerprint density at radius 2 is 1.97 bits per heavy atom. The van der Waals surface area contributed by atoms with Gasteiger partial charge in [0.2, 0.25) is 12.6 Å². The Labute approximate surface area is 191 Å². The predicted octanol–water partition coefficient (Wildman–Crippen LogP) is 4.71. The molecule has 2 aromatic carbocycles.